The number of benzene rings is 6. The molecule has 3 aliphatic rings. The molecule has 2 spiro atoms. The van der Waals surface area contributed by atoms with E-state index in [9.17, 15) is 10.2 Å². The molecule has 0 unspecified atom stereocenters. The van der Waals surface area contributed by atoms with E-state index in [4.69, 9.17) is 108 Å². The Bertz CT molecular complexity index is 3150. The Balaban J connectivity index is 0.000000964. The maximum Gasteiger partial charge on any atom is 3.00 e. The van der Waals surface area contributed by atoms with Crippen LogP contribution in [0.5, 0.6) is 46.0 Å². The number of para-hydroxylation sites is 6. The van der Waals surface area contributed by atoms with Crippen LogP contribution in [0.2, 0.25) is 0 Å². The van der Waals surface area contributed by atoms with E-state index >= 15 is 0 Å². The van der Waals surface area contributed by atoms with Gasteiger partial charge in [-0.2, -0.15) is 20.7 Å². The number of methoxy groups -OCH3 is 2. The third-order valence-corrected chi connectivity index (χ3v) is 18.7. The molecule has 9 rings (SSSR count). The number of nitriles is 2. The number of hydrazone groups is 2. The van der Waals surface area contributed by atoms with Gasteiger partial charge in [-0.1, -0.05) is 113 Å². The summed E-state index contributed by atoms with van der Waals surface area (Å²) in [5, 5.41) is 95.2. The summed E-state index contributed by atoms with van der Waals surface area (Å²) in [6.45, 7) is 2.86. The predicted octanol–water partition coefficient (Wildman–Crippen LogP) is 10.6. The van der Waals surface area contributed by atoms with Crippen LogP contribution in [-0.2, 0) is 17.1 Å². The van der Waals surface area contributed by atoms with Crippen LogP contribution in [0.4, 0.5) is 0 Å². The molecule has 6 aromatic rings. The summed E-state index contributed by atoms with van der Waals surface area (Å²) in [7, 11) is -5.81. The van der Waals surface area contributed by atoms with Crippen LogP contribution in [0.25, 0.3) is 22.3 Å². The molecule has 3 aliphatic heterocycles. The predicted molar refractivity (Wildman–Crippen MR) is 284 cm³/mol. The normalized spacial score (nSPS) is 13.1. The Kier molecular flexibility index (Phi) is 27.1. The molecule has 2 radical (unpaired) electrons. The Morgan fingerprint density at radius 2 is 0.775 bits per heavy atom. The Labute approximate surface area is 497 Å². The topological polar surface area (TPSA) is 416 Å². The minimum absolute atomic E-state index is 0. The fourth-order valence-corrected chi connectivity index (χ4v) is 17.2. The molecule has 0 saturated heterocycles. The van der Waals surface area contributed by atoms with Gasteiger partial charge in [0.05, 0.1) is 54.0 Å². The molecule has 3 heterocycles. The van der Waals surface area contributed by atoms with Crippen molar-refractivity contribution in [3.05, 3.63) is 191 Å². The van der Waals surface area contributed by atoms with Crippen LogP contribution in [0.15, 0.2) is 157 Å². The third kappa shape index (κ3) is 17.9. The van der Waals surface area contributed by atoms with Crippen molar-refractivity contribution in [2.45, 2.75) is 13.8 Å². The number of fused-ring (bicyclic) bond motifs is 6. The Hall–Kier alpha value is -8.28. The average molecular weight is 1350 g/mol. The van der Waals surface area contributed by atoms with E-state index < -0.39 is 38.1 Å². The first-order valence-electron chi connectivity index (χ1n) is 21.6. The number of ether oxygens (including phenoxy) is 2. The summed E-state index contributed by atoms with van der Waals surface area (Å²) in [6.07, 6.45) is 2.79. The average Bonchev–Trinajstić information content (AvgIpc) is 3.61. The van der Waals surface area contributed by atoms with Crippen LogP contribution in [-0.4, -0.2) is 65.6 Å². The first-order chi connectivity index (χ1) is 37.2. The number of nitrogens with zero attached hydrogens (tertiary/aromatic N) is 12. The molecule has 0 atom stereocenters. The fraction of sp³-hybridized carbons (Fsp3) is 0.130. The van der Waals surface area contributed by atoms with Gasteiger partial charge in [-0.3, -0.25) is 0 Å². The van der Waals surface area contributed by atoms with E-state index in [0.29, 0.717) is 23.0 Å². The minimum atomic E-state index is -4.02. The van der Waals surface area contributed by atoms with E-state index in [0.717, 1.165) is 22.3 Å². The molecular formula is C46H42CuDyN12O17P3. The van der Waals surface area contributed by atoms with Crippen molar-refractivity contribution in [1.29, 1.82) is 10.5 Å². The van der Waals surface area contributed by atoms with Gasteiger partial charge in [0.25, 0.3) is 0 Å². The molecule has 6 aromatic carbocycles. The van der Waals surface area contributed by atoms with E-state index in [2.05, 4.69) is 0 Å². The molecule has 0 N–H and O–H groups in total. The van der Waals surface area contributed by atoms with E-state index in [-0.39, 0.29) is 89.4 Å². The number of hydrogen-bond donors (Lipinski definition) is 0. The Morgan fingerprint density at radius 1 is 0.512 bits per heavy atom. The maximum absolute atomic E-state index is 13.3. The van der Waals surface area contributed by atoms with E-state index in [1.165, 1.54) is 50.1 Å². The number of rotatable bonds is 8. The van der Waals surface area contributed by atoms with Crippen molar-refractivity contribution in [1.82, 2.24) is 9.56 Å². The first kappa shape index (κ1) is 67.8. The largest absolute Gasteiger partial charge is 3.00 e. The van der Waals surface area contributed by atoms with Gasteiger partial charge in [0.15, 0.2) is 0 Å². The van der Waals surface area contributed by atoms with E-state index in [1.54, 1.807) is 62.6 Å². The summed E-state index contributed by atoms with van der Waals surface area (Å²) < 4.78 is 57.7. The Morgan fingerprint density at radius 3 is 1.05 bits per heavy atom. The molecule has 0 bridgehead atoms. The van der Waals surface area contributed by atoms with Crippen molar-refractivity contribution in [3.63, 3.8) is 0 Å². The van der Waals surface area contributed by atoms with E-state index in [1.807, 2.05) is 97.1 Å². The van der Waals surface area contributed by atoms with Crippen LogP contribution in [0.3, 0.4) is 0 Å². The number of hydrogen-bond acceptors (Lipinski definition) is 26. The van der Waals surface area contributed by atoms with Crippen LogP contribution in [0.1, 0.15) is 25.0 Å². The van der Waals surface area contributed by atoms with Gasteiger partial charge < -0.3 is 83.7 Å². The molecule has 80 heavy (non-hydrogen) atoms. The van der Waals surface area contributed by atoms with Crippen molar-refractivity contribution in [2.75, 3.05) is 28.3 Å². The zero-order valence-corrected chi connectivity index (χ0v) is 47.8. The summed E-state index contributed by atoms with van der Waals surface area (Å²) in [5.41, 5.74) is 3.51. The summed E-state index contributed by atoms with van der Waals surface area (Å²) >= 11 is 0. The minimum Gasteiger partial charge on any atom is -0.870 e. The molecule has 0 amide bonds. The second kappa shape index (κ2) is 32.0. The monoisotopic (exact) mass is 1350 g/mol. The molecule has 0 aromatic heterocycles. The molecule has 0 saturated carbocycles. The standard InChI is InChI=1S/C42H38N7O8P3.2C2H3N.Cu.Dy.3NO3/c1-48(43-27-29-15-13-25-39(52-3)41(29)50)58(49(2)44-28-30-16-14-26-40(53-4)42(30)51)45-59(54-35-21-9-5-17-31(35)32-18-6-10-22-36(32)55-59)47-60(46-58)56-37-23-11-7-19-33(37)34-20-8-12-24-38(34)57-60;2*1-2-3;;;3*2-1(3)4/h5-28,50-51H,1-4H3;2*1H3;;;;;/q;;;+2;+3;3*-1/p-2/b43-27+,44-28+;;;;;;;. The van der Waals surface area contributed by atoms with Crippen LogP contribution >= 0.6 is 22.8 Å². The maximum atomic E-state index is 13.3. The van der Waals surface area contributed by atoms with Crippen molar-refractivity contribution < 1.29 is 108 Å². The second-order valence-electron chi connectivity index (χ2n) is 14.5. The molecular weight excluding hydrogens is 1310 g/mol. The molecule has 0 aliphatic carbocycles. The summed E-state index contributed by atoms with van der Waals surface area (Å²) in [6, 6.07) is 43.4. The smallest absolute Gasteiger partial charge is 0.870 e. The molecule has 29 nitrogen and oxygen atoms in total. The third-order valence-electron chi connectivity index (χ3n) is 9.65. The SMILES string of the molecule is CC#N.CC#N.COc1cccc(/C=N/N(C)P2(N(C)/N=C/c3cccc(OC)c3[O-])=NP3(=NP4(=N2)Oc2ccccc2-c2ccccc2O4)Oc2ccccc2-c2ccccc2O3)c1[O-].O=[N+]([O-])[O-].O=[N+]([O-])[O-].O=[N+]([O-])[O-].[Cu+2].[Dy+3]. The fourth-order valence-electron chi connectivity index (χ4n) is 6.71. The summed E-state index contributed by atoms with van der Waals surface area (Å²) in [5.74, 6) is 1.37. The van der Waals surface area contributed by atoms with Gasteiger partial charge >= 0.3 is 78.1 Å². The first-order valence-corrected chi connectivity index (χ1v) is 26.2. The van der Waals surface area contributed by atoms with Crippen molar-refractivity contribution >= 4 is 35.3 Å². The van der Waals surface area contributed by atoms with Gasteiger partial charge in [0, 0.05) is 50.2 Å². The van der Waals surface area contributed by atoms with Gasteiger partial charge in [-0.15, -0.1) is 9.03 Å². The molecule has 0 fully saturated rings. The van der Waals surface area contributed by atoms with Gasteiger partial charge in [-0.25, -0.2) is 9.56 Å². The second-order valence-corrected chi connectivity index (χ2v) is 21.5. The zero-order valence-electron chi connectivity index (χ0n) is 42.1. The van der Waals surface area contributed by atoms with Crippen LogP contribution in [0, 0.1) is 107 Å². The van der Waals surface area contributed by atoms with Gasteiger partial charge in [0.1, 0.15) is 34.5 Å². The molecule has 34 heteroatoms. The quantitative estimate of drug-likeness (QED) is 0.0449. The van der Waals surface area contributed by atoms with Crippen LogP contribution < -0.4 is 37.8 Å². The zero-order chi connectivity index (χ0) is 57.6. The van der Waals surface area contributed by atoms with Gasteiger partial charge in [0.2, 0.25) is 0 Å². The molecule has 424 valence electrons. The van der Waals surface area contributed by atoms with Gasteiger partial charge in [-0.05, 0) is 47.5 Å². The van der Waals surface area contributed by atoms with Crippen molar-refractivity contribution in [3.8, 4) is 80.4 Å². The summed E-state index contributed by atoms with van der Waals surface area (Å²) in [4.78, 5) is 24.8. The van der Waals surface area contributed by atoms with Crippen molar-refractivity contribution in [2.24, 2.45) is 23.7 Å².